The van der Waals surface area contributed by atoms with Crippen LogP contribution in [0.2, 0.25) is 0 Å². The zero-order valence-electron chi connectivity index (χ0n) is 19.2. The van der Waals surface area contributed by atoms with E-state index in [0.717, 1.165) is 24.3 Å². The minimum absolute atomic E-state index is 0.196. The SMILES string of the molecule is CCCCCCCCCCCCCCCC(Nc1ccc(C(=O)O)s1)C(=O)CCC. The van der Waals surface area contributed by atoms with E-state index in [1.54, 1.807) is 12.1 Å². The number of hydrogen-bond donors (Lipinski definition) is 2. The van der Waals surface area contributed by atoms with Crippen molar-refractivity contribution < 1.29 is 14.7 Å². The molecule has 2 N–H and O–H groups in total. The van der Waals surface area contributed by atoms with E-state index in [9.17, 15) is 9.59 Å². The summed E-state index contributed by atoms with van der Waals surface area (Å²) < 4.78 is 0. The third-order valence-corrected chi connectivity index (χ3v) is 6.62. The zero-order chi connectivity index (χ0) is 22.0. The van der Waals surface area contributed by atoms with Gasteiger partial charge in [0.05, 0.1) is 11.0 Å². The topological polar surface area (TPSA) is 66.4 Å². The van der Waals surface area contributed by atoms with E-state index in [-0.39, 0.29) is 11.8 Å². The molecule has 0 spiro atoms. The second-order valence-electron chi connectivity index (χ2n) is 8.41. The van der Waals surface area contributed by atoms with Gasteiger partial charge in [-0.05, 0) is 25.0 Å². The van der Waals surface area contributed by atoms with Crippen LogP contribution in [0.3, 0.4) is 0 Å². The van der Waals surface area contributed by atoms with Crippen molar-refractivity contribution in [3.05, 3.63) is 17.0 Å². The molecule has 1 unspecified atom stereocenters. The highest BCUT2D eigenvalue weighted by Crippen LogP contribution is 2.24. The van der Waals surface area contributed by atoms with Gasteiger partial charge in [-0.2, -0.15) is 0 Å². The summed E-state index contributed by atoms with van der Waals surface area (Å²) >= 11 is 1.20. The van der Waals surface area contributed by atoms with Gasteiger partial charge in [0.15, 0.2) is 5.78 Å². The molecule has 1 heterocycles. The maximum Gasteiger partial charge on any atom is 0.345 e. The lowest BCUT2D eigenvalue weighted by Gasteiger charge is -2.17. The third kappa shape index (κ3) is 12.4. The Kier molecular flexibility index (Phi) is 15.4. The number of anilines is 1. The zero-order valence-corrected chi connectivity index (χ0v) is 20.0. The molecule has 1 atom stereocenters. The molecule has 172 valence electrons. The molecule has 5 heteroatoms. The van der Waals surface area contributed by atoms with Crippen LogP contribution in [0.4, 0.5) is 5.00 Å². The predicted octanol–water partition coefficient (Wildman–Crippen LogP) is 8.08. The molecule has 0 aromatic carbocycles. The van der Waals surface area contributed by atoms with Crippen molar-refractivity contribution in [3.63, 3.8) is 0 Å². The number of aromatic carboxylic acids is 1. The molecule has 0 fully saturated rings. The van der Waals surface area contributed by atoms with Crippen LogP contribution in [-0.4, -0.2) is 22.9 Å². The van der Waals surface area contributed by atoms with Gasteiger partial charge >= 0.3 is 5.97 Å². The van der Waals surface area contributed by atoms with Crippen LogP contribution in [0.25, 0.3) is 0 Å². The number of ketones is 1. The molecule has 1 aromatic rings. The molecule has 30 heavy (non-hydrogen) atoms. The summed E-state index contributed by atoms with van der Waals surface area (Å²) in [4.78, 5) is 23.8. The quantitative estimate of drug-likeness (QED) is 0.202. The molecule has 1 rings (SSSR count). The molecule has 0 radical (unpaired) electrons. The normalized spacial score (nSPS) is 12.1. The fraction of sp³-hybridized carbons (Fsp3) is 0.760. The van der Waals surface area contributed by atoms with Crippen molar-refractivity contribution in [2.75, 3.05) is 5.32 Å². The highest BCUT2D eigenvalue weighted by molar-refractivity contribution is 7.17. The van der Waals surface area contributed by atoms with Crippen LogP contribution in [0.5, 0.6) is 0 Å². The smallest absolute Gasteiger partial charge is 0.345 e. The Bertz CT molecular complexity index is 585. The van der Waals surface area contributed by atoms with E-state index in [0.29, 0.717) is 11.3 Å². The molecule has 0 saturated heterocycles. The van der Waals surface area contributed by atoms with Crippen molar-refractivity contribution in [2.45, 2.75) is 123 Å². The van der Waals surface area contributed by atoms with Crippen molar-refractivity contribution in [3.8, 4) is 0 Å². The Morgan fingerprint density at radius 3 is 1.83 bits per heavy atom. The van der Waals surface area contributed by atoms with Gasteiger partial charge in [-0.15, -0.1) is 11.3 Å². The van der Waals surface area contributed by atoms with Gasteiger partial charge in [-0.3, -0.25) is 4.79 Å². The van der Waals surface area contributed by atoms with Gasteiger partial charge in [-0.25, -0.2) is 4.79 Å². The largest absolute Gasteiger partial charge is 0.477 e. The van der Waals surface area contributed by atoms with E-state index in [4.69, 9.17) is 5.11 Å². The first-order valence-corrected chi connectivity index (χ1v) is 13.0. The molecule has 0 aliphatic rings. The highest BCUT2D eigenvalue weighted by atomic mass is 32.1. The number of Topliss-reactive ketones (excluding diaryl/α,β-unsaturated/α-hetero) is 1. The Balaban J connectivity index is 2.16. The lowest BCUT2D eigenvalue weighted by molar-refractivity contribution is -0.120. The van der Waals surface area contributed by atoms with Gasteiger partial charge in [0.2, 0.25) is 0 Å². The number of carbonyl (C=O) groups is 2. The number of carbonyl (C=O) groups excluding carboxylic acids is 1. The van der Waals surface area contributed by atoms with Crippen molar-refractivity contribution in [1.82, 2.24) is 0 Å². The first-order chi connectivity index (χ1) is 14.6. The van der Waals surface area contributed by atoms with E-state index in [1.807, 2.05) is 6.92 Å². The van der Waals surface area contributed by atoms with Crippen molar-refractivity contribution in [2.24, 2.45) is 0 Å². The Labute approximate surface area is 187 Å². The van der Waals surface area contributed by atoms with Gasteiger partial charge in [0, 0.05) is 6.42 Å². The molecule has 4 nitrogen and oxygen atoms in total. The minimum atomic E-state index is -0.916. The number of thiophene rings is 1. The standard InChI is InChI=1S/C25H43NO3S/c1-3-5-6-7-8-9-10-11-12-13-14-15-16-18-21(22(27)17-4-2)26-24-20-19-23(30-24)25(28)29/h19-21,26H,3-18H2,1-2H3,(H,28,29). The summed E-state index contributed by atoms with van der Waals surface area (Å²) in [5.41, 5.74) is 0. The number of rotatable bonds is 20. The van der Waals surface area contributed by atoms with Gasteiger partial charge < -0.3 is 10.4 Å². The van der Waals surface area contributed by atoms with Crippen LogP contribution >= 0.6 is 11.3 Å². The van der Waals surface area contributed by atoms with E-state index >= 15 is 0 Å². The van der Waals surface area contributed by atoms with Crippen molar-refractivity contribution in [1.29, 1.82) is 0 Å². The summed E-state index contributed by atoms with van der Waals surface area (Å²) in [6.07, 6.45) is 19.4. The third-order valence-electron chi connectivity index (χ3n) is 5.61. The molecule has 0 aliphatic carbocycles. The van der Waals surface area contributed by atoms with Gasteiger partial charge in [0.1, 0.15) is 4.88 Å². The minimum Gasteiger partial charge on any atom is -0.477 e. The van der Waals surface area contributed by atoms with Gasteiger partial charge in [0.25, 0.3) is 0 Å². The number of hydrogen-bond acceptors (Lipinski definition) is 4. The predicted molar refractivity (Wildman–Crippen MR) is 129 cm³/mol. The second kappa shape index (κ2) is 17.3. The van der Waals surface area contributed by atoms with Crippen LogP contribution in [0.15, 0.2) is 12.1 Å². The average molecular weight is 438 g/mol. The molecule has 0 aliphatic heterocycles. The molecule has 1 aromatic heterocycles. The first kappa shape index (κ1) is 26.7. The maximum absolute atomic E-state index is 12.5. The number of carboxylic acid groups (broad SMARTS) is 1. The van der Waals surface area contributed by atoms with Gasteiger partial charge in [-0.1, -0.05) is 97.3 Å². The molecule has 0 saturated carbocycles. The Morgan fingerprint density at radius 1 is 0.833 bits per heavy atom. The molecule has 0 amide bonds. The maximum atomic E-state index is 12.5. The summed E-state index contributed by atoms with van der Waals surface area (Å²) in [6.45, 7) is 4.29. The van der Waals surface area contributed by atoms with E-state index in [2.05, 4.69) is 12.2 Å². The fourth-order valence-electron chi connectivity index (χ4n) is 3.80. The molecule has 0 bridgehead atoms. The number of unbranched alkanes of at least 4 members (excludes halogenated alkanes) is 12. The average Bonchev–Trinajstić information content (AvgIpc) is 3.19. The van der Waals surface area contributed by atoms with E-state index < -0.39 is 5.97 Å². The van der Waals surface area contributed by atoms with Crippen LogP contribution < -0.4 is 5.32 Å². The monoisotopic (exact) mass is 437 g/mol. The molecular weight excluding hydrogens is 394 g/mol. The Hall–Kier alpha value is -1.36. The number of carboxylic acids is 1. The van der Waals surface area contributed by atoms with Crippen LogP contribution in [0, 0.1) is 0 Å². The lowest BCUT2D eigenvalue weighted by Crippen LogP contribution is -2.29. The molecular formula is C25H43NO3S. The van der Waals surface area contributed by atoms with Crippen LogP contribution in [0.1, 0.15) is 126 Å². The van der Waals surface area contributed by atoms with Crippen molar-refractivity contribution >= 4 is 28.1 Å². The van der Waals surface area contributed by atoms with E-state index in [1.165, 1.54) is 88.4 Å². The van der Waals surface area contributed by atoms with Crippen LogP contribution in [-0.2, 0) is 4.79 Å². The summed E-state index contributed by atoms with van der Waals surface area (Å²) in [5, 5.41) is 13.1. The summed E-state index contributed by atoms with van der Waals surface area (Å²) in [7, 11) is 0. The second-order valence-corrected chi connectivity index (χ2v) is 9.50. The summed E-state index contributed by atoms with van der Waals surface area (Å²) in [5.74, 6) is -0.678. The lowest BCUT2D eigenvalue weighted by atomic mass is 10.00. The Morgan fingerprint density at radius 2 is 1.37 bits per heavy atom. The first-order valence-electron chi connectivity index (χ1n) is 12.2. The summed E-state index contributed by atoms with van der Waals surface area (Å²) in [6, 6.07) is 3.17. The highest BCUT2D eigenvalue weighted by Gasteiger charge is 2.18. The number of nitrogens with one attached hydrogen (secondary N) is 1. The fourth-order valence-corrected chi connectivity index (χ4v) is 4.60.